The Kier molecular flexibility index (Phi) is 6.95. The van der Waals surface area contributed by atoms with Gasteiger partial charge in [0.2, 0.25) is 6.17 Å². The molecule has 2 aliphatic rings. The first-order chi connectivity index (χ1) is 15.8. The number of nitrogens with zero attached hydrogens (tertiary/aromatic N) is 4. The standard InChI is InChI=1S/C24H27ClN6OS/c1-16(26)30-11-6-12-31(14-13-30)24(33)28-22-23(32)29(2)20-10-9-18(25)15-19(20)21(27-22)17-7-4-3-5-8-17/h3-5,7-10,15,22,26H,6,11-14H2,1-2H3,(H,28,33). The first-order valence-corrected chi connectivity index (χ1v) is 11.7. The van der Waals surface area contributed by atoms with Crippen LogP contribution >= 0.6 is 23.8 Å². The number of rotatable bonds is 2. The summed E-state index contributed by atoms with van der Waals surface area (Å²) in [4.78, 5) is 24.0. The van der Waals surface area contributed by atoms with Gasteiger partial charge in [0.1, 0.15) is 0 Å². The Balaban J connectivity index is 1.65. The quantitative estimate of drug-likeness (QED) is 0.390. The fourth-order valence-corrected chi connectivity index (χ4v) is 4.60. The molecule has 4 rings (SSSR count). The molecule has 1 saturated heterocycles. The average molecular weight is 483 g/mol. The lowest BCUT2D eigenvalue weighted by Gasteiger charge is -2.27. The normalized spacial score (nSPS) is 18.8. The molecule has 0 radical (unpaired) electrons. The summed E-state index contributed by atoms with van der Waals surface area (Å²) in [7, 11) is 1.74. The van der Waals surface area contributed by atoms with Crippen molar-refractivity contribution in [2.24, 2.45) is 4.99 Å². The highest BCUT2D eigenvalue weighted by Gasteiger charge is 2.31. The van der Waals surface area contributed by atoms with Crippen molar-refractivity contribution in [2.45, 2.75) is 19.5 Å². The number of carbonyl (C=O) groups is 1. The van der Waals surface area contributed by atoms with Gasteiger partial charge < -0.3 is 20.0 Å². The van der Waals surface area contributed by atoms with Crippen LogP contribution < -0.4 is 10.2 Å². The molecule has 0 bridgehead atoms. The van der Waals surface area contributed by atoms with Crippen LogP contribution in [0.2, 0.25) is 5.02 Å². The molecule has 1 amide bonds. The van der Waals surface area contributed by atoms with Gasteiger partial charge >= 0.3 is 0 Å². The number of amides is 1. The molecular weight excluding hydrogens is 456 g/mol. The van der Waals surface area contributed by atoms with E-state index in [1.54, 1.807) is 24.9 Å². The fourth-order valence-electron chi connectivity index (χ4n) is 4.13. The maximum absolute atomic E-state index is 13.4. The van der Waals surface area contributed by atoms with Crippen LogP contribution in [0.5, 0.6) is 0 Å². The van der Waals surface area contributed by atoms with E-state index in [9.17, 15) is 4.79 Å². The molecule has 172 valence electrons. The topological polar surface area (TPSA) is 75.0 Å². The van der Waals surface area contributed by atoms with Crippen molar-refractivity contribution in [3.05, 3.63) is 64.7 Å². The van der Waals surface area contributed by atoms with Crippen LogP contribution in [0.4, 0.5) is 5.69 Å². The summed E-state index contributed by atoms with van der Waals surface area (Å²) in [5.74, 6) is 0.364. The molecule has 0 aliphatic carbocycles. The Labute approximate surface area is 204 Å². The van der Waals surface area contributed by atoms with Crippen molar-refractivity contribution < 1.29 is 4.79 Å². The molecule has 33 heavy (non-hydrogen) atoms. The van der Waals surface area contributed by atoms with Gasteiger partial charge in [-0.15, -0.1) is 0 Å². The molecule has 2 aromatic rings. The third kappa shape index (κ3) is 5.02. The Morgan fingerprint density at radius 2 is 1.82 bits per heavy atom. The summed E-state index contributed by atoms with van der Waals surface area (Å²) in [5, 5.41) is 12.2. The van der Waals surface area contributed by atoms with Gasteiger partial charge in [0, 0.05) is 49.4 Å². The zero-order valence-electron chi connectivity index (χ0n) is 18.7. The molecule has 2 heterocycles. The summed E-state index contributed by atoms with van der Waals surface area (Å²) in [6.07, 6.45) is 0.0201. The van der Waals surface area contributed by atoms with Crippen LogP contribution in [-0.4, -0.2) is 71.8 Å². The summed E-state index contributed by atoms with van der Waals surface area (Å²) >= 11 is 12.0. The molecule has 2 aliphatic heterocycles. The molecule has 1 fully saturated rings. The van der Waals surface area contributed by atoms with Gasteiger partial charge in [-0.2, -0.15) is 0 Å². The van der Waals surface area contributed by atoms with E-state index in [0.29, 0.717) is 28.2 Å². The average Bonchev–Trinajstić information content (AvgIpc) is 3.12. The van der Waals surface area contributed by atoms with E-state index in [-0.39, 0.29) is 5.91 Å². The Bertz CT molecular complexity index is 1110. The number of nitrogens with one attached hydrogen (secondary N) is 2. The van der Waals surface area contributed by atoms with Crippen molar-refractivity contribution in [3.8, 4) is 0 Å². The Morgan fingerprint density at radius 3 is 2.55 bits per heavy atom. The Hall–Kier alpha value is -2.97. The SMILES string of the molecule is CC(=N)N1CCCN(C(=S)NC2N=C(c3ccccc3)c3cc(Cl)ccc3N(C)C2=O)CC1. The lowest BCUT2D eigenvalue weighted by atomic mass is 10.0. The number of benzene rings is 2. The van der Waals surface area contributed by atoms with Gasteiger partial charge in [-0.1, -0.05) is 41.9 Å². The van der Waals surface area contributed by atoms with E-state index in [1.807, 2.05) is 47.4 Å². The number of amidine groups is 1. The molecule has 7 nitrogen and oxygen atoms in total. The van der Waals surface area contributed by atoms with Crippen LogP contribution in [0, 0.1) is 5.41 Å². The van der Waals surface area contributed by atoms with Gasteiger partial charge in [0.15, 0.2) is 5.11 Å². The zero-order valence-corrected chi connectivity index (χ0v) is 20.3. The molecule has 0 spiro atoms. The lowest BCUT2D eigenvalue weighted by Crippen LogP contribution is -2.51. The summed E-state index contributed by atoms with van der Waals surface area (Å²) < 4.78 is 0. The number of hydrogen-bond donors (Lipinski definition) is 2. The second-order valence-electron chi connectivity index (χ2n) is 8.17. The highest BCUT2D eigenvalue weighted by Crippen LogP contribution is 2.30. The minimum absolute atomic E-state index is 0.196. The van der Waals surface area contributed by atoms with Crippen molar-refractivity contribution >= 4 is 52.1 Å². The number of fused-ring (bicyclic) bond motifs is 1. The third-order valence-electron chi connectivity index (χ3n) is 5.96. The predicted octanol–water partition coefficient (Wildman–Crippen LogP) is 3.36. The highest BCUT2D eigenvalue weighted by molar-refractivity contribution is 7.80. The van der Waals surface area contributed by atoms with Crippen molar-refractivity contribution in [1.82, 2.24) is 15.1 Å². The first-order valence-electron chi connectivity index (χ1n) is 10.9. The van der Waals surface area contributed by atoms with E-state index >= 15 is 0 Å². The van der Waals surface area contributed by atoms with Gasteiger partial charge in [-0.3, -0.25) is 10.2 Å². The smallest absolute Gasteiger partial charge is 0.272 e. The first kappa shape index (κ1) is 23.2. The number of halogens is 1. The van der Waals surface area contributed by atoms with E-state index in [4.69, 9.17) is 34.2 Å². The van der Waals surface area contributed by atoms with Crippen LogP contribution in [0.25, 0.3) is 0 Å². The second-order valence-corrected chi connectivity index (χ2v) is 8.99. The predicted molar refractivity (Wildman–Crippen MR) is 138 cm³/mol. The van der Waals surface area contributed by atoms with Crippen LogP contribution in [-0.2, 0) is 4.79 Å². The Morgan fingerprint density at radius 1 is 1.12 bits per heavy atom. The van der Waals surface area contributed by atoms with Crippen LogP contribution in [0.15, 0.2) is 53.5 Å². The number of hydrogen-bond acceptors (Lipinski definition) is 4. The number of thiocarbonyl (C=S) groups is 1. The van der Waals surface area contributed by atoms with E-state index < -0.39 is 6.17 Å². The monoisotopic (exact) mass is 482 g/mol. The van der Waals surface area contributed by atoms with Crippen LogP contribution in [0.3, 0.4) is 0 Å². The molecule has 2 N–H and O–H groups in total. The molecule has 1 atom stereocenters. The van der Waals surface area contributed by atoms with Gasteiger partial charge in [0.05, 0.1) is 17.2 Å². The molecule has 0 aromatic heterocycles. The zero-order chi connectivity index (χ0) is 23.5. The largest absolute Gasteiger partial charge is 0.359 e. The lowest BCUT2D eigenvalue weighted by molar-refractivity contribution is -0.119. The molecule has 0 saturated carbocycles. The van der Waals surface area contributed by atoms with Crippen molar-refractivity contribution in [3.63, 3.8) is 0 Å². The summed E-state index contributed by atoms with van der Waals surface area (Å²) in [5.41, 5.74) is 3.13. The van der Waals surface area contributed by atoms with Gasteiger partial charge in [-0.25, -0.2) is 4.99 Å². The minimum Gasteiger partial charge on any atom is -0.359 e. The minimum atomic E-state index is -0.868. The fraction of sp³-hybridized carbons (Fsp3) is 0.333. The number of benzodiazepines with no additional fused rings is 1. The second kappa shape index (κ2) is 9.89. The maximum atomic E-state index is 13.4. The highest BCUT2D eigenvalue weighted by atomic mass is 35.5. The van der Waals surface area contributed by atoms with E-state index in [1.165, 1.54) is 0 Å². The summed E-state index contributed by atoms with van der Waals surface area (Å²) in [6, 6.07) is 15.2. The van der Waals surface area contributed by atoms with E-state index in [0.717, 1.165) is 42.9 Å². The maximum Gasteiger partial charge on any atom is 0.272 e. The number of likely N-dealkylation sites (N-methyl/N-ethyl adjacent to an activating group) is 1. The van der Waals surface area contributed by atoms with Gasteiger partial charge in [-0.05, 0) is 43.8 Å². The van der Waals surface area contributed by atoms with Crippen molar-refractivity contribution in [1.29, 1.82) is 5.41 Å². The molecule has 1 unspecified atom stereocenters. The number of carbonyl (C=O) groups excluding carboxylic acids is 1. The van der Waals surface area contributed by atoms with Gasteiger partial charge in [0.25, 0.3) is 5.91 Å². The number of anilines is 1. The van der Waals surface area contributed by atoms with Crippen molar-refractivity contribution in [2.75, 3.05) is 38.1 Å². The molecular formula is C24H27ClN6OS. The molecule has 2 aromatic carbocycles. The third-order valence-corrected chi connectivity index (χ3v) is 6.57. The summed E-state index contributed by atoms with van der Waals surface area (Å²) in [6.45, 7) is 4.79. The van der Waals surface area contributed by atoms with E-state index in [2.05, 4.69) is 10.2 Å². The molecule has 9 heteroatoms. The number of aliphatic imine (C=N–C) groups is 1. The van der Waals surface area contributed by atoms with Crippen LogP contribution in [0.1, 0.15) is 24.5 Å².